The van der Waals surface area contributed by atoms with E-state index in [2.05, 4.69) is 29.6 Å². The molecule has 136 valence electrons. The van der Waals surface area contributed by atoms with Gasteiger partial charge in [-0.1, -0.05) is 43.2 Å². The topological polar surface area (TPSA) is 75.4 Å². The van der Waals surface area contributed by atoms with Crippen molar-refractivity contribution in [3.8, 4) is 0 Å². The molecular weight excluding hydrogens is 314 g/mol. The molecule has 1 aliphatic heterocycles. The first kappa shape index (κ1) is 17.9. The third-order valence-corrected chi connectivity index (χ3v) is 5.68. The molecule has 1 aromatic carbocycles. The number of hydrogen-bond donors (Lipinski definition) is 2. The van der Waals surface area contributed by atoms with Crippen molar-refractivity contribution in [2.75, 3.05) is 19.6 Å². The molecule has 0 radical (unpaired) electrons. The molecule has 3 N–H and O–H groups in total. The van der Waals surface area contributed by atoms with Crippen molar-refractivity contribution in [3.63, 3.8) is 0 Å². The number of likely N-dealkylation sites (tertiary alicyclic amines) is 1. The predicted octanol–water partition coefficient (Wildman–Crippen LogP) is 1.86. The van der Waals surface area contributed by atoms with Gasteiger partial charge in [0, 0.05) is 13.1 Å². The van der Waals surface area contributed by atoms with Crippen molar-refractivity contribution in [1.82, 2.24) is 10.2 Å². The number of carbonyl (C=O) groups excluding carboxylic acids is 2. The zero-order chi connectivity index (χ0) is 17.7. The minimum Gasteiger partial charge on any atom is -0.345 e. The fraction of sp³-hybridized carbons (Fsp3) is 0.600. The zero-order valence-corrected chi connectivity index (χ0v) is 14.9. The van der Waals surface area contributed by atoms with Gasteiger partial charge in [-0.3, -0.25) is 9.59 Å². The lowest BCUT2D eigenvalue weighted by Crippen LogP contribution is -2.54. The molecule has 5 heteroatoms. The molecule has 25 heavy (non-hydrogen) atoms. The largest absolute Gasteiger partial charge is 0.345 e. The summed E-state index contributed by atoms with van der Waals surface area (Å²) in [6.07, 6.45) is 6.55. The van der Waals surface area contributed by atoms with E-state index in [1.807, 2.05) is 11.0 Å². The van der Waals surface area contributed by atoms with Gasteiger partial charge >= 0.3 is 0 Å². The molecule has 0 bridgehead atoms. The number of rotatable bonds is 5. The second-order valence-corrected chi connectivity index (χ2v) is 7.56. The molecule has 2 amide bonds. The first-order valence-corrected chi connectivity index (χ1v) is 9.46. The molecule has 1 aromatic rings. The van der Waals surface area contributed by atoms with E-state index in [0.29, 0.717) is 5.92 Å². The quantitative estimate of drug-likeness (QED) is 0.857. The first-order valence-electron chi connectivity index (χ1n) is 9.46. The Morgan fingerprint density at radius 2 is 1.76 bits per heavy atom. The Labute approximate surface area is 150 Å². The highest BCUT2D eigenvalue weighted by atomic mass is 16.2. The van der Waals surface area contributed by atoms with Crippen molar-refractivity contribution < 1.29 is 9.59 Å². The van der Waals surface area contributed by atoms with Gasteiger partial charge in [-0.15, -0.1) is 0 Å². The van der Waals surface area contributed by atoms with Crippen molar-refractivity contribution in [1.29, 1.82) is 0 Å². The van der Waals surface area contributed by atoms with Gasteiger partial charge < -0.3 is 16.0 Å². The molecule has 5 nitrogen and oxygen atoms in total. The lowest BCUT2D eigenvalue weighted by Gasteiger charge is -2.32. The number of nitrogens with zero attached hydrogens (tertiary/aromatic N) is 1. The number of nitrogens with one attached hydrogen (secondary N) is 1. The van der Waals surface area contributed by atoms with E-state index in [-0.39, 0.29) is 18.4 Å². The lowest BCUT2D eigenvalue weighted by molar-refractivity contribution is -0.135. The molecular formula is C20H29N3O2. The number of nitrogens with two attached hydrogens (primary N) is 1. The van der Waals surface area contributed by atoms with Crippen LogP contribution in [0.5, 0.6) is 0 Å². The highest BCUT2D eigenvalue weighted by molar-refractivity contribution is 5.90. The number of piperidine rings is 1. The molecule has 0 aromatic heterocycles. The normalized spacial score (nSPS) is 20.4. The highest BCUT2D eigenvalue weighted by Crippen LogP contribution is 2.27. The average molecular weight is 343 g/mol. The lowest BCUT2D eigenvalue weighted by atomic mass is 9.90. The Hall–Kier alpha value is -1.88. The van der Waals surface area contributed by atoms with Crippen LogP contribution in [0.3, 0.4) is 0 Å². The SMILES string of the molecule is NC1(C(=O)NCC(=O)N2CCC(Cc3ccccc3)CC2)CCCC1. The van der Waals surface area contributed by atoms with Crippen LogP contribution in [0.1, 0.15) is 44.1 Å². The summed E-state index contributed by atoms with van der Waals surface area (Å²) in [7, 11) is 0. The molecule has 1 heterocycles. The van der Waals surface area contributed by atoms with Crippen molar-refractivity contribution in [2.24, 2.45) is 11.7 Å². The Balaban J connectivity index is 1.40. The number of amides is 2. The molecule has 2 aliphatic rings. The molecule has 0 atom stereocenters. The first-order chi connectivity index (χ1) is 12.1. The molecule has 1 saturated heterocycles. The van der Waals surface area contributed by atoms with Crippen LogP contribution in [-0.4, -0.2) is 41.9 Å². The van der Waals surface area contributed by atoms with Crippen LogP contribution < -0.4 is 11.1 Å². The Morgan fingerprint density at radius 3 is 2.40 bits per heavy atom. The Kier molecular flexibility index (Phi) is 5.74. The monoisotopic (exact) mass is 343 g/mol. The van der Waals surface area contributed by atoms with E-state index in [1.54, 1.807) is 0 Å². The van der Waals surface area contributed by atoms with Crippen LogP contribution in [0.15, 0.2) is 30.3 Å². The smallest absolute Gasteiger partial charge is 0.241 e. The van der Waals surface area contributed by atoms with Gasteiger partial charge in [0.2, 0.25) is 11.8 Å². The van der Waals surface area contributed by atoms with Gasteiger partial charge in [0.15, 0.2) is 0 Å². The van der Waals surface area contributed by atoms with E-state index in [9.17, 15) is 9.59 Å². The maximum atomic E-state index is 12.4. The van der Waals surface area contributed by atoms with Crippen LogP contribution in [0.4, 0.5) is 0 Å². The van der Waals surface area contributed by atoms with Gasteiger partial charge in [0.1, 0.15) is 0 Å². The minimum absolute atomic E-state index is 0.00751. The van der Waals surface area contributed by atoms with Gasteiger partial charge in [-0.05, 0) is 43.6 Å². The van der Waals surface area contributed by atoms with Crippen LogP contribution in [0.25, 0.3) is 0 Å². The van der Waals surface area contributed by atoms with Crippen LogP contribution >= 0.6 is 0 Å². The fourth-order valence-electron chi connectivity index (χ4n) is 4.01. The van der Waals surface area contributed by atoms with Crippen LogP contribution in [0, 0.1) is 5.92 Å². The summed E-state index contributed by atoms with van der Waals surface area (Å²) in [6.45, 7) is 1.63. The molecule has 1 saturated carbocycles. The molecule has 1 aliphatic carbocycles. The van der Waals surface area contributed by atoms with Crippen LogP contribution in [-0.2, 0) is 16.0 Å². The van der Waals surface area contributed by atoms with Crippen molar-refractivity contribution >= 4 is 11.8 Å². The van der Waals surface area contributed by atoms with Crippen molar-refractivity contribution in [2.45, 2.75) is 50.5 Å². The maximum Gasteiger partial charge on any atom is 0.241 e. The number of hydrogen-bond acceptors (Lipinski definition) is 3. The summed E-state index contributed by atoms with van der Waals surface area (Å²) in [4.78, 5) is 26.4. The summed E-state index contributed by atoms with van der Waals surface area (Å²) in [6, 6.07) is 10.5. The van der Waals surface area contributed by atoms with Gasteiger partial charge in [0.25, 0.3) is 0 Å². The molecule has 2 fully saturated rings. The predicted molar refractivity (Wildman–Crippen MR) is 97.8 cm³/mol. The number of carbonyl (C=O) groups is 2. The van der Waals surface area contributed by atoms with Gasteiger partial charge in [-0.25, -0.2) is 0 Å². The van der Waals surface area contributed by atoms with Gasteiger partial charge in [-0.2, -0.15) is 0 Å². The standard InChI is InChI=1S/C20H29N3O2/c21-20(10-4-5-11-20)19(25)22-15-18(24)23-12-8-17(9-13-23)14-16-6-2-1-3-7-16/h1-3,6-7,17H,4-5,8-15,21H2,(H,22,25). The Bertz CT molecular complexity index is 588. The molecule has 0 spiro atoms. The van der Waals surface area contributed by atoms with E-state index in [0.717, 1.165) is 58.0 Å². The zero-order valence-electron chi connectivity index (χ0n) is 14.9. The third kappa shape index (κ3) is 4.60. The third-order valence-electron chi connectivity index (χ3n) is 5.68. The second-order valence-electron chi connectivity index (χ2n) is 7.56. The Morgan fingerprint density at radius 1 is 1.12 bits per heavy atom. The van der Waals surface area contributed by atoms with Crippen LogP contribution in [0.2, 0.25) is 0 Å². The summed E-state index contributed by atoms with van der Waals surface area (Å²) in [5.74, 6) is 0.470. The average Bonchev–Trinajstić information content (AvgIpc) is 3.09. The summed E-state index contributed by atoms with van der Waals surface area (Å²) in [5.41, 5.74) is 6.73. The van der Waals surface area contributed by atoms with E-state index in [4.69, 9.17) is 5.73 Å². The van der Waals surface area contributed by atoms with Gasteiger partial charge in [0.05, 0.1) is 12.1 Å². The summed E-state index contributed by atoms with van der Waals surface area (Å²) in [5, 5.41) is 2.76. The minimum atomic E-state index is -0.761. The van der Waals surface area contributed by atoms with Crippen molar-refractivity contribution in [3.05, 3.63) is 35.9 Å². The second kappa shape index (κ2) is 8.00. The summed E-state index contributed by atoms with van der Waals surface area (Å²) < 4.78 is 0. The highest BCUT2D eigenvalue weighted by Gasteiger charge is 2.37. The molecule has 3 rings (SSSR count). The fourth-order valence-corrected chi connectivity index (χ4v) is 4.01. The summed E-state index contributed by atoms with van der Waals surface area (Å²) >= 11 is 0. The number of benzene rings is 1. The van der Waals surface area contributed by atoms with E-state index in [1.165, 1.54) is 5.56 Å². The van der Waals surface area contributed by atoms with E-state index < -0.39 is 5.54 Å². The maximum absolute atomic E-state index is 12.4. The van der Waals surface area contributed by atoms with E-state index >= 15 is 0 Å². The molecule has 0 unspecified atom stereocenters.